The summed E-state index contributed by atoms with van der Waals surface area (Å²) in [6.07, 6.45) is 1.26. The van der Waals surface area contributed by atoms with Gasteiger partial charge in [0.1, 0.15) is 11.5 Å². The summed E-state index contributed by atoms with van der Waals surface area (Å²) in [5.41, 5.74) is 7.43. The van der Waals surface area contributed by atoms with Gasteiger partial charge >= 0.3 is 0 Å². The zero-order valence-corrected chi connectivity index (χ0v) is 9.97. The molecule has 18 heavy (non-hydrogen) atoms. The maximum Gasteiger partial charge on any atom is 0.127 e. The summed E-state index contributed by atoms with van der Waals surface area (Å²) in [7, 11) is 0. The average molecular weight is 238 g/mol. The molecule has 0 aliphatic rings. The molecule has 2 N–H and O–H groups in total. The highest BCUT2D eigenvalue weighted by atomic mass is 16.5. The van der Waals surface area contributed by atoms with E-state index in [9.17, 15) is 0 Å². The number of hydrogen-bond donors (Lipinski definition) is 1. The Morgan fingerprint density at radius 1 is 1.06 bits per heavy atom. The first-order chi connectivity index (χ1) is 8.78. The molecule has 90 valence electrons. The number of ether oxygens (including phenoxy) is 1. The van der Waals surface area contributed by atoms with Crippen molar-refractivity contribution in [3.05, 3.63) is 54.1 Å². The summed E-state index contributed by atoms with van der Waals surface area (Å²) in [6, 6.07) is 17.2. The SMILES string of the molecule is N#CCCc1cccc(Oc2ccc(N)cc2)c1. The molecule has 0 spiro atoms. The summed E-state index contributed by atoms with van der Waals surface area (Å²) in [6.45, 7) is 0. The van der Waals surface area contributed by atoms with Crippen molar-refractivity contribution in [1.29, 1.82) is 5.26 Å². The van der Waals surface area contributed by atoms with Gasteiger partial charge in [0.05, 0.1) is 6.07 Å². The molecule has 3 nitrogen and oxygen atoms in total. The van der Waals surface area contributed by atoms with E-state index in [4.69, 9.17) is 15.7 Å². The molecule has 0 fully saturated rings. The number of nitrogens with zero attached hydrogens (tertiary/aromatic N) is 1. The number of rotatable bonds is 4. The lowest BCUT2D eigenvalue weighted by atomic mass is 10.1. The first kappa shape index (κ1) is 12.0. The third-order valence-electron chi connectivity index (χ3n) is 2.54. The maximum atomic E-state index is 8.56. The molecule has 3 heteroatoms. The fourth-order valence-corrected chi connectivity index (χ4v) is 1.64. The molecular weight excluding hydrogens is 224 g/mol. The van der Waals surface area contributed by atoms with E-state index in [1.807, 2.05) is 36.4 Å². The van der Waals surface area contributed by atoms with E-state index in [2.05, 4.69) is 6.07 Å². The topological polar surface area (TPSA) is 59.0 Å². The Morgan fingerprint density at radius 2 is 1.83 bits per heavy atom. The van der Waals surface area contributed by atoms with Gasteiger partial charge in [-0.2, -0.15) is 5.26 Å². The second-order valence-corrected chi connectivity index (χ2v) is 3.98. The van der Waals surface area contributed by atoms with E-state index in [0.29, 0.717) is 12.1 Å². The highest BCUT2D eigenvalue weighted by Crippen LogP contribution is 2.23. The van der Waals surface area contributed by atoms with Gasteiger partial charge in [-0.25, -0.2) is 0 Å². The second-order valence-electron chi connectivity index (χ2n) is 3.98. The lowest BCUT2D eigenvalue weighted by Crippen LogP contribution is -1.88. The van der Waals surface area contributed by atoms with Gasteiger partial charge in [0, 0.05) is 12.1 Å². The Morgan fingerprint density at radius 3 is 2.56 bits per heavy atom. The summed E-state index contributed by atoms with van der Waals surface area (Å²) in [5.74, 6) is 1.52. The number of nitriles is 1. The summed E-state index contributed by atoms with van der Waals surface area (Å²) in [5, 5.41) is 8.56. The van der Waals surface area contributed by atoms with E-state index in [1.54, 1.807) is 12.1 Å². The Labute approximate surface area is 106 Å². The number of benzene rings is 2. The Hall–Kier alpha value is -2.47. The molecule has 0 heterocycles. The highest BCUT2D eigenvalue weighted by Gasteiger charge is 1.99. The van der Waals surface area contributed by atoms with Gasteiger partial charge in [-0.3, -0.25) is 0 Å². The van der Waals surface area contributed by atoms with Crippen LogP contribution >= 0.6 is 0 Å². The number of nitrogens with two attached hydrogens (primary N) is 1. The molecule has 0 saturated carbocycles. The zero-order chi connectivity index (χ0) is 12.8. The standard InChI is InChI=1S/C15H14N2O/c16-10-2-4-12-3-1-5-15(11-12)18-14-8-6-13(17)7-9-14/h1,3,5-9,11H,2,4,17H2. The minimum absolute atomic E-state index is 0.519. The third kappa shape index (κ3) is 3.26. The van der Waals surface area contributed by atoms with Crippen LogP contribution in [-0.2, 0) is 6.42 Å². The molecule has 2 rings (SSSR count). The minimum atomic E-state index is 0.519. The van der Waals surface area contributed by atoms with Crippen LogP contribution in [0.5, 0.6) is 11.5 Å². The van der Waals surface area contributed by atoms with Crippen molar-refractivity contribution in [2.75, 3.05) is 5.73 Å². The lowest BCUT2D eigenvalue weighted by Gasteiger charge is -2.07. The molecule has 0 unspecified atom stereocenters. The molecule has 0 saturated heterocycles. The van der Waals surface area contributed by atoms with Crippen molar-refractivity contribution in [2.45, 2.75) is 12.8 Å². The van der Waals surface area contributed by atoms with Crippen molar-refractivity contribution < 1.29 is 4.74 Å². The van der Waals surface area contributed by atoms with E-state index in [-0.39, 0.29) is 0 Å². The van der Waals surface area contributed by atoms with E-state index in [0.717, 1.165) is 23.5 Å². The van der Waals surface area contributed by atoms with E-state index < -0.39 is 0 Å². The van der Waals surface area contributed by atoms with Crippen LogP contribution in [0.1, 0.15) is 12.0 Å². The van der Waals surface area contributed by atoms with Crippen molar-refractivity contribution in [1.82, 2.24) is 0 Å². The molecule has 0 atom stereocenters. The monoisotopic (exact) mass is 238 g/mol. The smallest absolute Gasteiger partial charge is 0.127 e. The molecule has 2 aromatic carbocycles. The average Bonchev–Trinajstić information content (AvgIpc) is 2.40. The first-order valence-electron chi connectivity index (χ1n) is 5.77. The van der Waals surface area contributed by atoms with Gasteiger partial charge in [0.25, 0.3) is 0 Å². The second kappa shape index (κ2) is 5.74. The molecule has 2 aromatic rings. The van der Waals surface area contributed by atoms with Crippen LogP contribution < -0.4 is 10.5 Å². The molecular formula is C15H14N2O. The van der Waals surface area contributed by atoms with E-state index in [1.165, 1.54) is 0 Å². The van der Waals surface area contributed by atoms with Gasteiger partial charge in [0.2, 0.25) is 0 Å². The van der Waals surface area contributed by atoms with Crippen LogP contribution in [0.2, 0.25) is 0 Å². The van der Waals surface area contributed by atoms with Gasteiger partial charge in [-0.1, -0.05) is 12.1 Å². The van der Waals surface area contributed by atoms with Crippen LogP contribution in [0.25, 0.3) is 0 Å². The Balaban J connectivity index is 2.09. The van der Waals surface area contributed by atoms with Gasteiger partial charge in [0.15, 0.2) is 0 Å². The normalized spacial score (nSPS) is 9.72. The minimum Gasteiger partial charge on any atom is -0.457 e. The molecule has 0 amide bonds. The molecule has 0 bridgehead atoms. The number of nitrogen functional groups attached to an aromatic ring is 1. The Bertz CT molecular complexity index is 555. The van der Waals surface area contributed by atoms with Crippen molar-refractivity contribution in [2.24, 2.45) is 0 Å². The van der Waals surface area contributed by atoms with Crippen LogP contribution in [0, 0.1) is 11.3 Å². The quantitative estimate of drug-likeness (QED) is 0.829. The van der Waals surface area contributed by atoms with Crippen molar-refractivity contribution >= 4 is 5.69 Å². The van der Waals surface area contributed by atoms with E-state index >= 15 is 0 Å². The van der Waals surface area contributed by atoms with Gasteiger partial charge < -0.3 is 10.5 Å². The molecule has 0 aliphatic carbocycles. The number of anilines is 1. The predicted octanol–water partition coefficient (Wildman–Crippen LogP) is 3.52. The number of aryl methyl sites for hydroxylation is 1. The van der Waals surface area contributed by atoms with Crippen LogP contribution in [0.4, 0.5) is 5.69 Å². The molecule has 0 aliphatic heterocycles. The van der Waals surface area contributed by atoms with Crippen LogP contribution in [0.3, 0.4) is 0 Å². The van der Waals surface area contributed by atoms with Crippen LogP contribution in [-0.4, -0.2) is 0 Å². The van der Waals surface area contributed by atoms with Crippen LogP contribution in [0.15, 0.2) is 48.5 Å². The summed E-state index contributed by atoms with van der Waals surface area (Å²) in [4.78, 5) is 0. The molecule has 0 radical (unpaired) electrons. The largest absolute Gasteiger partial charge is 0.457 e. The first-order valence-corrected chi connectivity index (χ1v) is 5.77. The summed E-state index contributed by atoms with van der Waals surface area (Å²) < 4.78 is 5.72. The molecule has 0 aromatic heterocycles. The third-order valence-corrected chi connectivity index (χ3v) is 2.54. The van der Waals surface area contributed by atoms with Crippen molar-refractivity contribution in [3.8, 4) is 17.6 Å². The fraction of sp³-hybridized carbons (Fsp3) is 0.133. The maximum absolute atomic E-state index is 8.56. The lowest BCUT2D eigenvalue weighted by molar-refractivity contribution is 0.482. The predicted molar refractivity (Wildman–Crippen MR) is 71.3 cm³/mol. The zero-order valence-electron chi connectivity index (χ0n) is 9.97. The fourth-order valence-electron chi connectivity index (χ4n) is 1.64. The van der Waals surface area contributed by atoms with Gasteiger partial charge in [-0.05, 0) is 48.4 Å². The van der Waals surface area contributed by atoms with Crippen molar-refractivity contribution in [3.63, 3.8) is 0 Å². The summed E-state index contributed by atoms with van der Waals surface area (Å²) >= 11 is 0. The number of hydrogen-bond acceptors (Lipinski definition) is 3. The highest BCUT2D eigenvalue weighted by molar-refractivity contribution is 5.43. The Kier molecular flexibility index (Phi) is 3.83. The van der Waals surface area contributed by atoms with Gasteiger partial charge in [-0.15, -0.1) is 0 Å².